The van der Waals surface area contributed by atoms with E-state index in [9.17, 15) is 10.1 Å². The lowest BCUT2D eigenvalue weighted by Gasteiger charge is -2.15. The van der Waals surface area contributed by atoms with E-state index in [2.05, 4.69) is 11.4 Å². The molecule has 0 saturated heterocycles. The quantitative estimate of drug-likeness (QED) is 0.749. The van der Waals surface area contributed by atoms with Crippen LogP contribution in [0.5, 0.6) is 17.2 Å². The van der Waals surface area contributed by atoms with Crippen LogP contribution in [0, 0.1) is 11.3 Å². The molecule has 1 N–H and O–H groups in total. The number of nitriles is 1. The fourth-order valence-electron chi connectivity index (χ4n) is 2.66. The minimum atomic E-state index is -0.212. The van der Waals surface area contributed by atoms with E-state index in [1.807, 2.05) is 25.1 Å². The first-order chi connectivity index (χ1) is 13.0. The van der Waals surface area contributed by atoms with E-state index in [1.165, 1.54) is 20.1 Å². The molecule has 0 aliphatic rings. The predicted octanol–water partition coefficient (Wildman–Crippen LogP) is 4.02. The summed E-state index contributed by atoms with van der Waals surface area (Å²) in [5.41, 5.74) is 2.71. The molecule has 0 aliphatic heterocycles. The maximum Gasteiger partial charge on any atom is 0.221 e. The molecule has 2 aromatic carbocycles. The molecule has 140 valence electrons. The van der Waals surface area contributed by atoms with Crippen LogP contribution in [0.2, 0.25) is 0 Å². The van der Waals surface area contributed by atoms with Crippen LogP contribution < -0.4 is 19.5 Å². The maximum atomic E-state index is 11.5. The van der Waals surface area contributed by atoms with E-state index in [-0.39, 0.29) is 5.91 Å². The van der Waals surface area contributed by atoms with E-state index in [4.69, 9.17) is 14.2 Å². The Bertz CT molecular complexity index is 898. The average molecular weight is 366 g/mol. The van der Waals surface area contributed by atoms with E-state index in [0.717, 1.165) is 11.1 Å². The Morgan fingerprint density at radius 3 is 2.44 bits per heavy atom. The average Bonchev–Trinajstić information content (AvgIpc) is 2.65. The Kier molecular flexibility index (Phi) is 6.84. The van der Waals surface area contributed by atoms with Crippen LogP contribution in [0.15, 0.2) is 42.5 Å². The van der Waals surface area contributed by atoms with E-state index < -0.39 is 0 Å². The van der Waals surface area contributed by atoms with Crippen LogP contribution in [0.3, 0.4) is 0 Å². The fraction of sp³-hybridized carbons (Fsp3) is 0.238. The first kappa shape index (κ1) is 19.9. The minimum absolute atomic E-state index is 0.212. The second-order valence-corrected chi connectivity index (χ2v) is 5.61. The van der Waals surface area contributed by atoms with Crippen molar-refractivity contribution < 1.29 is 19.0 Å². The molecule has 0 unspecified atom stereocenters. The smallest absolute Gasteiger partial charge is 0.221 e. The maximum absolute atomic E-state index is 11.5. The summed E-state index contributed by atoms with van der Waals surface area (Å²) in [4.78, 5) is 11.5. The number of amides is 1. The number of hydrogen-bond acceptors (Lipinski definition) is 5. The van der Waals surface area contributed by atoms with Crippen LogP contribution in [0.4, 0.5) is 5.69 Å². The minimum Gasteiger partial charge on any atom is -0.497 e. The van der Waals surface area contributed by atoms with Gasteiger partial charge in [0.2, 0.25) is 5.91 Å². The molecule has 6 nitrogen and oxygen atoms in total. The number of rotatable bonds is 7. The summed E-state index contributed by atoms with van der Waals surface area (Å²) in [6.45, 7) is 3.84. The number of allylic oxidation sites excluding steroid dienone is 1. The Morgan fingerprint density at radius 2 is 1.85 bits per heavy atom. The molecular weight excluding hydrogens is 344 g/mol. The molecule has 6 heteroatoms. The van der Waals surface area contributed by atoms with Gasteiger partial charge in [-0.1, -0.05) is 6.07 Å². The third-order valence-corrected chi connectivity index (χ3v) is 3.77. The highest BCUT2D eigenvalue weighted by atomic mass is 16.5. The molecule has 0 fully saturated rings. The van der Waals surface area contributed by atoms with Crippen molar-refractivity contribution in [3.63, 3.8) is 0 Å². The van der Waals surface area contributed by atoms with E-state index in [1.54, 1.807) is 25.3 Å². The molecule has 0 atom stereocenters. The Morgan fingerprint density at radius 1 is 1.11 bits per heavy atom. The summed E-state index contributed by atoms with van der Waals surface area (Å²) in [5.74, 6) is 1.59. The van der Waals surface area contributed by atoms with Gasteiger partial charge in [-0.25, -0.2) is 0 Å². The molecule has 0 heterocycles. The summed E-state index contributed by atoms with van der Waals surface area (Å²) in [6.07, 6.45) is 1.45. The van der Waals surface area contributed by atoms with E-state index >= 15 is 0 Å². The van der Waals surface area contributed by atoms with Gasteiger partial charge < -0.3 is 19.5 Å². The Balaban J connectivity index is 2.59. The molecule has 2 aromatic rings. The summed E-state index contributed by atoms with van der Waals surface area (Å²) < 4.78 is 16.2. The third-order valence-electron chi connectivity index (χ3n) is 3.77. The van der Waals surface area contributed by atoms with Gasteiger partial charge in [-0.2, -0.15) is 5.26 Å². The van der Waals surface area contributed by atoms with Crippen molar-refractivity contribution >= 4 is 17.2 Å². The zero-order valence-electron chi connectivity index (χ0n) is 15.8. The van der Waals surface area contributed by atoms with Gasteiger partial charge >= 0.3 is 0 Å². The highest BCUT2D eigenvalue weighted by Crippen LogP contribution is 2.34. The zero-order chi connectivity index (χ0) is 19.8. The van der Waals surface area contributed by atoms with Crippen molar-refractivity contribution in [1.82, 2.24) is 0 Å². The van der Waals surface area contributed by atoms with Crippen molar-refractivity contribution in [2.75, 3.05) is 26.1 Å². The topological polar surface area (TPSA) is 80.6 Å². The van der Waals surface area contributed by atoms with Crippen molar-refractivity contribution in [3.05, 3.63) is 53.6 Å². The number of carbonyl (C=O) groups is 1. The SMILES string of the molecule is CCOc1cc(OC)cc(C(=CC#N)c2ccc(OC)c(NC(C)=O)c2)c1. The highest BCUT2D eigenvalue weighted by molar-refractivity contribution is 5.92. The second kappa shape index (κ2) is 9.30. The summed E-state index contributed by atoms with van der Waals surface area (Å²) in [7, 11) is 3.10. The van der Waals surface area contributed by atoms with Crippen molar-refractivity contribution in [2.45, 2.75) is 13.8 Å². The van der Waals surface area contributed by atoms with Crippen molar-refractivity contribution in [2.24, 2.45) is 0 Å². The number of hydrogen-bond donors (Lipinski definition) is 1. The number of anilines is 1. The molecule has 0 spiro atoms. The highest BCUT2D eigenvalue weighted by Gasteiger charge is 2.13. The first-order valence-electron chi connectivity index (χ1n) is 8.40. The monoisotopic (exact) mass is 366 g/mol. The molecule has 1 amide bonds. The molecule has 0 radical (unpaired) electrons. The van der Waals surface area contributed by atoms with Gasteiger partial charge in [-0.05, 0) is 47.9 Å². The van der Waals surface area contributed by atoms with Gasteiger partial charge in [-0.3, -0.25) is 4.79 Å². The van der Waals surface area contributed by atoms with Crippen molar-refractivity contribution in [3.8, 4) is 23.3 Å². The molecular formula is C21H22N2O4. The Labute approximate surface area is 159 Å². The second-order valence-electron chi connectivity index (χ2n) is 5.61. The lowest BCUT2D eigenvalue weighted by atomic mass is 9.96. The van der Waals surface area contributed by atoms with Gasteiger partial charge in [-0.15, -0.1) is 0 Å². The van der Waals surface area contributed by atoms with Crippen LogP contribution in [0.25, 0.3) is 5.57 Å². The summed E-state index contributed by atoms with van der Waals surface area (Å²) >= 11 is 0. The predicted molar refractivity (Wildman–Crippen MR) is 104 cm³/mol. The number of nitrogens with one attached hydrogen (secondary N) is 1. The normalized spacial score (nSPS) is 10.7. The first-order valence-corrected chi connectivity index (χ1v) is 8.40. The molecule has 0 bridgehead atoms. The lowest BCUT2D eigenvalue weighted by Crippen LogP contribution is -2.07. The lowest BCUT2D eigenvalue weighted by molar-refractivity contribution is -0.114. The van der Waals surface area contributed by atoms with Crippen LogP contribution in [0.1, 0.15) is 25.0 Å². The number of ether oxygens (including phenoxy) is 3. The molecule has 0 aliphatic carbocycles. The number of methoxy groups -OCH3 is 2. The van der Waals surface area contributed by atoms with Gasteiger partial charge in [0, 0.05) is 19.1 Å². The van der Waals surface area contributed by atoms with Gasteiger partial charge in [0.15, 0.2) is 0 Å². The largest absolute Gasteiger partial charge is 0.497 e. The number of carbonyl (C=O) groups excluding carboxylic acids is 1. The summed E-state index contributed by atoms with van der Waals surface area (Å²) in [6, 6.07) is 12.9. The Hall–Kier alpha value is -3.46. The standard InChI is InChI=1S/C21H22N2O4/c1-5-27-18-11-16(10-17(13-18)25-3)19(8-9-22)15-6-7-21(26-4)20(12-15)23-14(2)24/h6-8,10-13H,5H2,1-4H3,(H,23,24). The van der Waals surface area contributed by atoms with Crippen molar-refractivity contribution in [1.29, 1.82) is 5.26 Å². The molecule has 27 heavy (non-hydrogen) atoms. The van der Waals surface area contributed by atoms with Crippen LogP contribution in [-0.4, -0.2) is 26.7 Å². The van der Waals surface area contributed by atoms with Gasteiger partial charge in [0.1, 0.15) is 17.2 Å². The van der Waals surface area contributed by atoms with E-state index in [0.29, 0.717) is 35.1 Å². The third kappa shape index (κ3) is 5.02. The molecule has 2 rings (SSSR count). The number of nitrogens with zero attached hydrogens (tertiary/aromatic N) is 1. The molecule has 0 saturated carbocycles. The fourth-order valence-corrected chi connectivity index (χ4v) is 2.66. The van der Waals surface area contributed by atoms with Gasteiger partial charge in [0.25, 0.3) is 0 Å². The number of benzene rings is 2. The van der Waals surface area contributed by atoms with Gasteiger partial charge in [0.05, 0.1) is 32.6 Å². The van der Waals surface area contributed by atoms with Crippen LogP contribution in [-0.2, 0) is 4.79 Å². The van der Waals surface area contributed by atoms with Crippen LogP contribution >= 0.6 is 0 Å². The molecule has 0 aromatic heterocycles. The summed E-state index contributed by atoms with van der Waals surface area (Å²) in [5, 5.41) is 12.0. The zero-order valence-corrected chi connectivity index (χ0v) is 15.8.